The molecule has 0 radical (unpaired) electrons. The minimum absolute atomic E-state index is 0.941. The first kappa shape index (κ1) is 10.6. The molecule has 3 nitrogen and oxygen atoms in total. The van der Waals surface area contributed by atoms with Gasteiger partial charge in [-0.05, 0) is 35.9 Å². The number of pyridine rings is 3. The largest absolute Gasteiger partial charge is 0.265 e. The third-order valence-electron chi connectivity index (χ3n) is 2.73. The minimum Gasteiger partial charge on any atom is -0.265 e. The van der Waals surface area contributed by atoms with Crippen molar-refractivity contribution < 1.29 is 0 Å². The van der Waals surface area contributed by atoms with Gasteiger partial charge in [0.05, 0.1) is 5.69 Å². The second-order valence-electron chi connectivity index (χ2n) is 3.88. The van der Waals surface area contributed by atoms with Gasteiger partial charge in [-0.15, -0.1) is 0 Å². The summed E-state index contributed by atoms with van der Waals surface area (Å²) >= 11 is 0. The van der Waals surface area contributed by atoms with Crippen LogP contribution in [0.25, 0.3) is 22.4 Å². The Balaban J connectivity index is 2.18. The Morgan fingerprint density at radius 3 is 2.28 bits per heavy atom. The SMILES string of the molecule is c1cncc(-c2ncccc2-c2ccncc2)c1. The minimum atomic E-state index is 0.941. The highest BCUT2D eigenvalue weighted by molar-refractivity contribution is 5.79. The van der Waals surface area contributed by atoms with Gasteiger partial charge in [0.15, 0.2) is 0 Å². The summed E-state index contributed by atoms with van der Waals surface area (Å²) in [6, 6.07) is 11.9. The third-order valence-corrected chi connectivity index (χ3v) is 2.73. The van der Waals surface area contributed by atoms with Gasteiger partial charge in [-0.3, -0.25) is 15.0 Å². The van der Waals surface area contributed by atoms with Gasteiger partial charge in [0, 0.05) is 42.1 Å². The molecule has 0 N–H and O–H groups in total. The maximum atomic E-state index is 4.46. The van der Waals surface area contributed by atoms with Crippen molar-refractivity contribution in [2.24, 2.45) is 0 Å². The summed E-state index contributed by atoms with van der Waals surface area (Å²) in [5, 5.41) is 0. The van der Waals surface area contributed by atoms with Crippen LogP contribution in [0.2, 0.25) is 0 Å². The lowest BCUT2D eigenvalue weighted by atomic mass is 10.0. The molecule has 3 heteroatoms. The summed E-state index contributed by atoms with van der Waals surface area (Å²) < 4.78 is 0. The zero-order valence-corrected chi connectivity index (χ0v) is 9.69. The van der Waals surface area contributed by atoms with Gasteiger partial charge in [0.1, 0.15) is 0 Å². The van der Waals surface area contributed by atoms with Crippen molar-refractivity contribution in [2.75, 3.05) is 0 Å². The van der Waals surface area contributed by atoms with Gasteiger partial charge in [-0.2, -0.15) is 0 Å². The molecule has 0 unspecified atom stereocenters. The van der Waals surface area contributed by atoms with Crippen molar-refractivity contribution in [1.29, 1.82) is 0 Å². The molecule has 0 saturated carbocycles. The number of nitrogens with zero attached hydrogens (tertiary/aromatic N) is 3. The van der Waals surface area contributed by atoms with E-state index < -0.39 is 0 Å². The highest BCUT2D eigenvalue weighted by atomic mass is 14.7. The van der Waals surface area contributed by atoms with Crippen molar-refractivity contribution in [3.8, 4) is 22.4 Å². The molecule has 3 heterocycles. The van der Waals surface area contributed by atoms with Crippen molar-refractivity contribution in [1.82, 2.24) is 15.0 Å². The van der Waals surface area contributed by atoms with Crippen LogP contribution in [0.15, 0.2) is 67.4 Å². The van der Waals surface area contributed by atoms with Gasteiger partial charge in [-0.1, -0.05) is 6.07 Å². The Morgan fingerprint density at radius 1 is 0.667 bits per heavy atom. The smallest absolute Gasteiger partial charge is 0.0795 e. The molecule has 0 aliphatic rings. The van der Waals surface area contributed by atoms with Crippen LogP contribution in [0.4, 0.5) is 0 Å². The molecule has 0 atom stereocenters. The molecule has 0 amide bonds. The van der Waals surface area contributed by atoms with Crippen molar-refractivity contribution in [3.63, 3.8) is 0 Å². The Hall–Kier alpha value is -2.55. The number of aromatic nitrogens is 3. The normalized spacial score (nSPS) is 10.2. The number of hydrogen-bond acceptors (Lipinski definition) is 3. The molecule has 0 fully saturated rings. The Labute approximate surface area is 105 Å². The third kappa shape index (κ3) is 1.98. The fraction of sp³-hybridized carbons (Fsp3) is 0. The topological polar surface area (TPSA) is 38.7 Å². The molecule has 3 aromatic heterocycles. The Kier molecular flexibility index (Phi) is 2.80. The first-order chi connectivity index (χ1) is 8.95. The standard InChI is InChI=1S/C15H11N3/c1-3-13(11-17-7-1)15-14(4-2-8-18-15)12-5-9-16-10-6-12/h1-11H. The van der Waals surface area contributed by atoms with E-state index in [0.29, 0.717) is 0 Å². The molecule has 0 aliphatic heterocycles. The average molecular weight is 233 g/mol. The average Bonchev–Trinajstić information content (AvgIpc) is 2.49. The van der Waals surface area contributed by atoms with E-state index in [-0.39, 0.29) is 0 Å². The van der Waals surface area contributed by atoms with Gasteiger partial charge < -0.3 is 0 Å². The fourth-order valence-corrected chi connectivity index (χ4v) is 1.90. The van der Waals surface area contributed by atoms with E-state index in [1.54, 1.807) is 24.8 Å². The summed E-state index contributed by atoms with van der Waals surface area (Å²) in [5.74, 6) is 0. The van der Waals surface area contributed by atoms with Crippen LogP contribution in [0.1, 0.15) is 0 Å². The summed E-state index contributed by atoms with van der Waals surface area (Å²) in [5.41, 5.74) is 4.16. The molecular weight excluding hydrogens is 222 g/mol. The zero-order valence-electron chi connectivity index (χ0n) is 9.69. The quantitative estimate of drug-likeness (QED) is 0.682. The van der Waals surface area contributed by atoms with Crippen molar-refractivity contribution in [2.45, 2.75) is 0 Å². The first-order valence-corrected chi connectivity index (χ1v) is 5.71. The molecule has 3 aromatic rings. The van der Waals surface area contributed by atoms with Gasteiger partial charge in [0.25, 0.3) is 0 Å². The first-order valence-electron chi connectivity index (χ1n) is 5.71. The van der Waals surface area contributed by atoms with E-state index in [9.17, 15) is 0 Å². The lowest BCUT2D eigenvalue weighted by molar-refractivity contribution is 1.27. The summed E-state index contributed by atoms with van der Waals surface area (Å²) in [4.78, 5) is 12.6. The number of rotatable bonds is 2. The van der Waals surface area contributed by atoms with E-state index >= 15 is 0 Å². The van der Waals surface area contributed by atoms with E-state index in [4.69, 9.17) is 0 Å². The zero-order chi connectivity index (χ0) is 12.2. The predicted octanol–water partition coefficient (Wildman–Crippen LogP) is 3.21. The maximum absolute atomic E-state index is 4.46. The van der Waals surface area contributed by atoms with Crippen LogP contribution in [0.5, 0.6) is 0 Å². The lowest BCUT2D eigenvalue weighted by Gasteiger charge is -2.07. The van der Waals surface area contributed by atoms with Gasteiger partial charge >= 0.3 is 0 Å². The van der Waals surface area contributed by atoms with Crippen LogP contribution >= 0.6 is 0 Å². The molecule has 0 spiro atoms. The van der Waals surface area contributed by atoms with Crippen molar-refractivity contribution in [3.05, 3.63) is 67.4 Å². The molecule has 3 rings (SSSR count). The Bertz CT molecular complexity index is 578. The summed E-state index contributed by atoms with van der Waals surface area (Å²) in [6.45, 7) is 0. The molecule has 0 aliphatic carbocycles. The molecule has 86 valence electrons. The maximum Gasteiger partial charge on any atom is 0.0795 e. The second kappa shape index (κ2) is 4.75. The second-order valence-corrected chi connectivity index (χ2v) is 3.88. The van der Waals surface area contributed by atoms with E-state index in [1.807, 2.05) is 36.5 Å². The van der Waals surface area contributed by atoms with Crippen LogP contribution in [-0.4, -0.2) is 15.0 Å². The van der Waals surface area contributed by atoms with Crippen LogP contribution in [0.3, 0.4) is 0 Å². The van der Waals surface area contributed by atoms with Crippen LogP contribution < -0.4 is 0 Å². The lowest BCUT2D eigenvalue weighted by Crippen LogP contribution is -1.89. The highest BCUT2D eigenvalue weighted by Crippen LogP contribution is 2.28. The van der Waals surface area contributed by atoms with Crippen molar-refractivity contribution >= 4 is 0 Å². The molecular formula is C15H11N3. The van der Waals surface area contributed by atoms with E-state index in [2.05, 4.69) is 21.0 Å². The molecule has 18 heavy (non-hydrogen) atoms. The van der Waals surface area contributed by atoms with Gasteiger partial charge in [-0.25, -0.2) is 0 Å². The van der Waals surface area contributed by atoms with Crippen LogP contribution in [-0.2, 0) is 0 Å². The Morgan fingerprint density at radius 2 is 1.50 bits per heavy atom. The predicted molar refractivity (Wildman–Crippen MR) is 70.7 cm³/mol. The summed E-state index contributed by atoms with van der Waals surface area (Å²) in [6.07, 6.45) is 8.96. The molecule has 0 bridgehead atoms. The highest BCUT2D eigenvalue weighted by Gasteiger charge is 2.07. The van der Waals surface area contributed by atoms with Crippen LogP contribution in [0, 0.1) is 0 Å². The molecule has 0 aromatic carbocycles. The monoisotopic (exact) mass is 233 g/mol. The fourth-order valence-electron chi connectivity index (χ4n) is 1.90. The van der Waals surface area contributed by atoms with E-state index in [0.717, 1.165) is 22.4 Å². The molecule has 0 saturated heterocycles. The van der Waals surface area contributed by atoms with Gasteiger partial charge in [0.2, 0.25) is 0 Å². The summed E-state index contributed by atoms with van der Waals surface area (Å²) in [7, 11) is 0. The van der Waals surface area contributed by atoms with E-state index in [1.165, 1.54) is 0 Å². The number of hydrogen-bond donors (Lipinski definition) is 0.